The zero-order valence-corrected chi connectivity index (χ0v) is 11.5. The maximum Gasteiger partial charge on any atom is 0.0695 e. The molecule has 0 spiro atoms. The molecule has 0 saturated carbocycles. The highest BCUT2D eigenvalue weighted by atomic mass is 32.2. The van der Waals surface area contributed by atoms with Crippen LogP contribution in [0.3, 0.4) is 0 Å². The molecule has 5 heteroatoms. The van der Waals surface area contributed by atoms with Gasteiger partial charge in [0.15, 0.2) is 0 Å². The SMILES string of the molecule is CSC(CO)C(C)NCc1cccc2cn[nH]c12. The average molecular weight is 265 g/mol. The molecule has 2 rings (SSSR count). The average Bonchev–Trinajstić information content (AvgIpc) is 2.86. The molecule has 2 unspecified atom stereocenters. The second-order valence-electron chi connectivity index (χ2n) is 4.38. The van der Waals surface area contributed by atoms with Crippen LogP contribution in [-0.2, 0) is 6.54 Å². The summed E-state index contributed by atoms with van der Waals surface area (Å²) in [5, 5.41) is 21.2. The number of nitrogens with one attached hydrogen (secondary N) is 2. The molecule has 3 N–H and O–H groups in total. The van der Waals surface area contributed by atoms with E-state index in [4.69, 9.17) is 0 Å². The van der Waals surface area contributed by atoms with Gasteiger partial charge in [0.2, 0.25) is 0 Å². The van der Waals surface area contributed by atoms with E-state index in [1.165, 1.54) is 5.56 Å². The van der Waals surface area contributed by atoms with Crippen molar-refractivity contribution in [3.63, 3.8) is 0 Å². The molecule has 0 aliphatic carbocycles. The van der Waals surface area contributed by atoms with E-state index >= 15 is 0 Å². The molecule has 4 nitrogen and oxygen atoms in total. The number of rotatable bonds is 6. The van der Waals surface area contributed by atoms with Gasteiger partial charge in [-0.25, -0.2) is 0 Å². The highest BCUT2D eigenvalue weighted by Gasteiger charge is 2.14. The van der Waals surface area contributed by atoms with Gasteiger partial charge in [0.05, 0.1) is 18.3 Å². The summed E-state index contributed by atoms with van der Waals surface area (Å²) >= 11 is 1.69. The van der Waals surface area contributed by atoms with Crippen molar-refractivity contribution in [2.24, 2.45) is 0 Å². The van der Waals surface area contributed by atoms with Gasteiger partial charge in [0.25, 0.3) is 0 Å². The van der Waals surface area contributed by atoms with Gasteiger partial charge in [-0.05, 0) is 18.7 Å². The molecule has 0 aliphatic heterocycles. The first-order chi connectivity index (χ1) is 8.76. The van der Waals surface area contributed by atoms with Crippen LogP contribution in [0.5, 0.6) is 0 Å². The highest BCUT2D eigenvalue weighted by molar-refractivity contribution is 7.99. The number of aliphatic hydroxyl groups is 1. The van der Waals surface area contributed by atoms with E-state index in [1.54, 1.807) is 11.8 Å². The molecule has 1 aromatic carbocycles. The lowest BCUT2D eigenvalue weighted by Gasteiger charge is -2.21. The summed E-state index contributed by atoms with van der Waals surface area (Å²) in [6.07, 6.45) is 3.86. The third-order valence-electron chi connectivity index (χ3n) is 3.22. The van der Waals surface area contributed by atoms with E-state index in [0.29, 0.717) is 0 Å². The van der Waals surface area contributed by atoms with Crippen LogP contribution in [0.25, 0.3) is 10.9 Å². The standard InChI is InChI=1S/C13H19N3OS/c1-9(12(8-17)18-2)14-6-10-4-3-5-11-7-15-16-13(10)11/h3-5,7,9,12,14,17H,6,8H2,1-2H3,(H,15,16). The topological polar surface area (TPSA) is 60.9 Å². The Bertz CT molecular complexity index is 496. The molecule has 0 bridgehead atoms. The fraction of sp³-hybridized carbons (Fsp3) is 0.462. The number of hydrogen-bond acceptors (Lipinski definition) is 4. The van der Waals surface area contributed by atoms with Crippen LogP contribution in [-0.4, -0.2) is 39.5 Å². The van der Waals surface area contributed by atoms with E-state index in [0.717, 1.165) is 17.4 Å². The number of hydrogen-bond donors (Lipinski definition) is 3. The van der Waals surface area contributed by atoms with Crippen molar-refractivity contribution >= 4 is 22.7 Å². The zero-order valence-electron chi connectivity index (χ0n) is 10.7. The predicted octanol–water partition coefficient (Wildman–Crippen LogP) is 1.76. The highest BCUT2D eigenvalue weighted by Crippen LogP contribution is 2.16. The number of thioether (sulfide) groups is 1. The Morgan fingerprint density at radius 2 is 2.33 bits per heavy atom. The Hall–Kier alpha value is -1.04. The number of fused-ring (bicyclic) bond motifs is 1. The van der Waals surface area contributed by atoms with Gasteiger partial charge in [-0.1, -0.05) is 18.2 Å². The molecular formula is C13H19N3OS. The molecule has 98 valence electrons. The molecule has 0 amide bonds. The lowest BCUT2D eigenvalue weighted by atomic mass is 10.1. The minimum atomic E-state index is 0.198. The van der Waals surface area contributed by atoms with Gasteiger partial charge < -0.3 is 10.4 Å². The number of H-pyrrole nitrogens is 1. The Labute approximate surface area is 111 Å². The summed E-state index contributed by atoms with van der Waals surface area (Å²) in [5.41, 5.74) is 2.29. The minimum absolute atomic E-state index is 0.198. The van der Waals surface area contributed by atoms with Crippen LogP contribution in [0, 0.1) is 0 Å². The molecule has 2 aromatic rings. The number of benzene rings is 1. The van der Waals surface area contributed by atoms with Crippen molar-refractivity contribution in [3.05, 3.63) is 30.0 Å². The molecule has 1 heterocycles. The van der Waals surface area contributed by atoms with Gasteiger partial charge in [-0.15, -0.1) is 0 Å². The number of aliphatic hydroxyl groups excluding tert-OH is 1. The molecule has 0 fully saturated rings. The number of para-hydroxylation sites is 1. The van der Waals surface area contributed by atoms with Crippen LogP contribution in [0.4, 0.5) is 0 Å². The van der Waals surface area contributed by atoms with E-state index in [9.17, 15) is 5.11 Å². The first-order valence-electron chi connectivity index (χ1n) is 6.04. The van der Waals surface area contributed by atoms with Crippen molar-refractivity contribution in [2.75, 3.05) is 12.9 Å². The predicted molar refractivity (Wildman–Crippen MR) is 76.8 cm³/mol. The normalized spacial score (nSPS) is 14.8. The number of aromatic amines is 1. The molecule has 18 heavy (non-hydrogen) atoms. The summed E-state index contributed by atoms with van der Waals surface area (Å²) in [4.78, 5) is 0. The van der Waals surface area contributed by atoms with Gasteiger partial charge in [0, 0.05) is 23.2 Å². The second kappa shape index (κ2) is 6.22. The molecule has 0 aliphatic rings. The summed E-state index contributed by atoms with van der Waals surface area (Å²) < 4.78 is 0. The molecule has 2 atom stereocenters. The second-order valence-corrected chi connectivity index (χ2v) is 5.45. The van der Waals surface area contributed by atoms with Crippen LogP contribution >= 0.6 is 11.8 Å². The summed E-state index contributed by atoms with van der Waals surface area (Å²) in [6.45, 7) is 3.08. The van der Waals surface area contributed by atoms with Crippen molar-refractivity contribution in [1.29, 1.82) is 0 Å². The van der Waals surface area contributed by atoms with Crippen LogP contribution in [0.1, 0.15) is 12.5 Å². The van der Waals surface area contributed by atoms with Crippen molar-refractivity contribution < 1.29 is 5.11 Å². The van der Waals surface area contributed by atoms with Gasteiger partial charge in [-0.2, -0.15) is 16.9 Å². The Kier molecular flexibility index (Phi) is 4.63. The third-order valence-corrected chi connectivity index (χ3v) is 4.38. The van der Waals surface area contributed by atoms with Gasteiger partial charge in [0.1, 0.15) is 0 Å². The maximum atomic E-state index is 9.26. The summed E-state index contributed by atoms with van der Waals surface area (Å²) in [5.74, 6) is 0. The molecule has 1 aromatic heterocycles. The summed E-state index contributed by atoms with van der Waals surface area (Å²) in [6, 6.07) is 6.44. The van der Waals surface area contributed by atoms with E-state index in [1.807, 2.05) is 24.6 Å². The van der Waals surface area contributed by atoms with E-state index in [-0.39, 0.29) is 17.9 Å². The van der Waals surface area contributed by atoms with Gasteiger partial charge in [-0.3, -0.25) is 5.10 Å². The van der Waals surface area contributed by atoms with Crippen LogP contribution < -0.4 is 5.32 Å². The lowest BCUT2D eigenvalue weighted by molar-refractivity contribution is 0.276. The number of aromatic nitrogens is 2. The minimum Gasteiger partial charge on any atom is -0.395 e. The zero-order chi connectivity index (χ0) is 13.0. The van der Waals surface area contributed by atoms with E-state index < -0.39 is 0 Å². The molecular weight excluding hydrogens is 246 g/mol. The largest absolute Gasteiger partial charge is 0.395 e. The fourth-order valence-electron chi connectivity index (χ4n) is 2.02. The molecule has 0 saturated heterocycles. The fourth-order valence-corrected chi connectivity index (χ4v) is 2.67. The van der Waals surface area contributed by atoms with Crippen molar-refractivity contribution in [1.82, 2.24) is 15.5 Å². The summed E-state index contributed by atoms with van der Waals surface area (Å²) in [7, 11) is 0. The van der Waals surface area contributed by atoms with E-state index in [2.05, 4.69) is 28.5 Å². The number of nitrogens with zero attached hydrogens (tertiary/aromatic N) is 1. The smallest absolute Gasteiger partial charge is 0.0695 e. The monoisotopic (exact) mass is 265 g/mol. The van der Waals surface area contributed by atoms with Gasteiger partial charge >= 0.3 is 0 Å². The van der Waals surface area contributed by atoms with Crippen LogP contribution in [0.2, 0.25) is 0 Å². The Morgan fingerprint density at radius 1 is 1.50 bits per heavy atom. The van der Waals surface area contributed by atoms with Crippen molar-refractivity contribution in [3.8, 4) is 0 Å². The lowest BCUT2D eigenvalue weighted by Crippen LogP contribution is -2.37. The quantitative estimate of drug-likeness (QED) is 0.745. The van der Waals surface area contributed by atoms with Crippen LogP contribution in [0.15, 0.2) is 24.4 Å². The van der Waals surface area contributed by atoms with Crippen molar-refractivity contribution in [2.45, 2.75) is 24.8 Å². The Morgan fingerprint density at radius 3 is 3.06 bits per heavy atom. The first kappa shape index (κ1) is 13.4. The Balaban J connectivity index is 2.04. The maximum absolute atomic E-state index is 9.26. The third kappa shape index (κ3) is 2.85. The first-order valence-corrected chi connectivity index (χ1v) is 7.33. The molecule has 0 radical (unpaired) electrons.